The normalized spacial score (nSPS) is 13.0. The van der Waals surface area contributed by atoms with Crippen LogP contribution in [0.3, 0.4) is 0 Å². The summed E-state index contributed by atoms with van der Waals surface area (Å²) in [5.74, 6) is 0.673. The summed E-state index contributed by atoms with van der Waals surface area (Å²) in [5.41, 5.74) is 2.68. The van der Waals surface area contributed by atoms with E-state index in [-0.39, 0.29) is 5.38 Å². The smallest absolute Gasteiger partial charge is 0.197 e. The Kier molecular flexibility index (Phi) is 3.29. The summed E-state index contributed by atoms with van der Waals surface area (Å²) < 4.78 is 5.70. The molecule has 19 heavy (non-hydrogen) atoms. The van der Waals surface area contributed by atoms with Crippen LogP contribution in [-0.2, 0) is 6.42 Å². The Balaban J connectivity index is 1.86. The molecule has 0 saturated heterocycles. The quantitative estimate of drug-likeness (QED) is 0.671. The molecule has 0 bridgehead atoms. The summed E-state index contributed by atoms with van der Waals surface area (Å²) in [6.07, 6.45) is 0.582. The number of benzene rings is 1. The molecule has 2 heterocycles. The predicted molar refractivity (Wildman–Crippen MR) is 77.9 cm³/mol. The minimum absolute atomic E-state index is 0.140. The summed E-state index contributed by atoms with van der Waals surface area (Å²) in [6.45, 7) is 3.98. The molecule has 5 heteroatoms. The minimum atomic E-state index is -0.140. The second kappa shape index (κ2) is 4.94. The molecule has 1 aromatic carbocycles. The number of hydrogen-bond acceptors (Lipinski definition) is 4. The third kappa shape index (κ3) is 2.51. The van der Waals surface area contributed by atoms with Gasteiger partial charge in [-0.05, 0) is 26.0 Å². The largest absolute Gasteiger partial charge is 0.441 e. The van der Waals surface area contributed by atoms with Crippen LogP contribution in [0.4, 0.5) is 0 Å². The van der Waals surface area contributed by atoms with E-state index >= 15 is 0 Å². The molecule has 0 amide bonds. The minimum Gasteiger partial charge on any atom is -0.441 e. The van der Waals surface area contributed by atoms with E-state index in [1.807, 2.05) is 38.1 Å². The lowest BCUT2D eigenvalue weighted by Crippen LogP contribution is -1.95. The van der Waals surface area contributed by atoms with E-state index in [4.69, 9.17) is 16.0 Å². The van der Waals surface area contributed by atoms with Gasteiger partial charge in [0.25, 0.3) is 0 Å². The van der Waals surface area contributed by atoms with Gasteiger partial charge in [0, 0.05) is 11.3 Å². The topological polar surface area (TPSA) is 38.9 Å². The van der Waals surface area contributed by atoms with Crippen molar-refractivity contribution >= 4 is 34.0 Å². The van der Waals surface area contributed by atoms with Crippen LogP contribution in [0, 0.1) is 13.8 Å². The van der Waals surface area contributed by atoms with Gasteiger partial charge >= 0.3 is 0 Å². The van der Waals surface area contributed by atoms with Crippen molar-refractivity contribution in [2.24, 2.45) is 0 Å². The monoisotopic (exact) mass is 292 g/mol. The maximum Gasteiger partial charge on any atom is 0.197 e. The van der Waals surface area contributed by atoms with Crippen LogP contribution in [0.15, 0.2) is 28.7 Å². The molecule has 3 rings (SSSR count). The number of aryl methyl sites for hydroxylation is 2. The Morgan fingerprint density at radius 1 is 1.26 bits per heavy atom. The first kappa shape index (κ1) is 12.6. The van der Waals surface area contributed by atoms with Gasteiger partial charge in [-0.15, -0.1) is 22.9 Å². The number of oxazole rings is 1. The Bertz CT molecular complexity index is 686. The molecular weight excluding hydrogens is 280 g/mol. The maximum atomic E-state index is 6.46. The lowest BCUT2D eigenvalue weighted by molar-refractivity contribution is 0.525. The summed E-state index contributed by atoms with van der Waals surface area (Å²) in [6, 6.07) is 7.74. The Labute approximate surface area is 120 Å². The average Bonchev–Trinajstić information content (AvgIpc) is 2.91. The van der Waals surface area contributed by atoms with Crippen molar-refractivity contribution in [3.05, 3.63) is 45.7 Å². The summed E-state index contributed by atoms with van der Waals surface area (Å²) in [4.78, 5) is 9.95. The predicted octanol–water partition coefficient (Wildman–Crippen LogP) is 4.42. The molecule has 2 aromatic heterocycles. The second-order valence-electron chi connectivity index (χ2n) is 4.43. The van der Waals surface area contributed by atoms with Crippen molar-refractivity contribution in [3.8, 4) is 0 Å². The van der Waals surface area contributed by atoms with Crippen LogP contribution in [0.5, 0.6) is 0 Å². The molecule has 0 N–H and O–H groups in total. The summed E-state index contributed by atoms with van der Waals surface area (Å²) in [7, 11) is 0. The van der Waals surface area contributed by atoms with E-state index in [0.29, 0.717) is 12.3 Å². The number of thiazole rings is 1. The highest BCUT2D eigenvalue weighted by Gasteiger charge is 2.18. The zero-order valence-corrected chi connectivity index (χ0v) is 12.3. The highest BCUT2D eigenvalue weighted by molar-refractivity contribution is 7.12. The van der Waals surface area contributed by atoms with E-state index in [9.17, 15) is 0 Å². The molecule has 0 aliphatic heterocycles. The van der Waals surface area contributed by atoms with Gasteiger partial charge in [-0.25, -0.2) is 9.97 Å². The third-order valence-electron chi connectivity index (χ3n) is 2.92. The number of para-hydroxylation sites is 2. The molecule has 1 atom stereocenters. The molecule has 0 fully saturated rings. The molecule has 0 saturated carbocycles. The first-order valence-electron chi connectivity index (χ1n) is 6.06. The van der Waals surface area contributed by atoms with E-state index < -0.39 is 0 Å². The van der Waals surface area contributed by atoms with Gasteiger partial charge in [-0.3, -0.25) is 0 Å². The second-order valence-corrected chi connectivity index (χ2v) is 6.19. The Morgan fingerprint density at radius 3 is 2.74 bits per heavy atom. The number of alkyl halides is 1. The molecule has 0 aliphatic carbocycles. The molecule has 3 nitrogen and oxygen atoms in total. The molecule has 98 valence electrons. The van der Waals surface area contributed by atoms with Gasteiger partial charge in [0.2, 0.25) is 0 Å². The van der Waals surface area contributed by atoms with Gasteiger partial charge in [-0.2, -0.15) is 0 Å². The fraction of sp³-hybridized carbons (Fsp3) is 0.286. The average molecular weight is 293 g/mol. The van der Waals surface area contributed by atoms with Crippen molar-refractivity contribution in [1.29, 1.82) is 0 Å². The molecule has 0 spiro atoms. The van der Waals surface area contributed by atoms with E-state index in [1.165, 1.54) is 0 Å². The molecule has 3 aromatic rings. The standard InChI is InChI=1S/C14H13ClN2OS/c1-8-14(19-9(2)16-8)10(15)7-13-17-11-5-3-4-6-12(11)18-13/h3-6,10H,7H2,1-2H3. The first-order chi connectivity index (χ1) is 9.13. The fourth-order valence-corrected chi connectivity index (χ4v) is 3.42. The number of hydrogen-bond donors (Lipinski definition) is 0. The van der Waals surface area contributed by atoms with Crippen molar-refractivity contribution in [3.63, 3.8) is 0 Å². The van der Waals surface area contributed by atoms with Crippen molar-refractivity contribution in [2.75, 3.05) is 0 Å². The van der Waals surface area contributed by atoms with Crippen LogP contribution < -0.4 is 0 Å². The summed E-state index contributed by atoms with van der Waals surface area (Å²) >= 11 is 8.09. The lowest BCUT2D eigenvalue weighted by Gasteiger charge is -2.04. The zero-order valence-electron chi connectivity index (χ0n) is 10.7. The van der Waals surface area contributed by atoms with E-state index in [0.717, 1.165) is 26.7 Å². The third-order valence-corrected chi connectivity index (χ3v) is 4.60. The van der Waals surface area contributed by atoms with Crippen LogP contribution in [0.2, 0.25) is 0 Å². The van der Waals surface area contributed by atoms with E-state index in [2.05, 4.69) is 9.97 Å². The first-order valence-corrected chi connectivity index (χ1v) is 7.31. The van der Waals surface area contributed by atoms with Gasteiger partial charge in [0.15, 0.2) is 11.5 Å². The molecule has 1 unspecified atom stereocenters. The van der Waals surface area contributed by atoms with Gasteiger partial charge in [0.1, 0.15) is 5.52 Å². The van der Waals surface area contributed by atoms with Crippen molar-refractivity contribution < 1.29 is 4.42 Å². The van der Waals surface area contributed by atoms with Crippen LogP contribution in [0.1, 0.15) is 26.8 Å². The van der Waals surface area contributed by atoms with E-state index in [1.54, 1.807) is 11.3 Å². The maximum absolute atomic E-state index is 6.46. The number of fused-ring (bicyclic) bond motifs is 1. The number of rotatable bonds is 3. The van der Waals surface area contributed by atoms with Crippen molar-refractivity contribution in [1.82, 2.24) is 9.97 Å². The highest BCUT2D eigenvalue weighted by atomic mass is 35.5. The number of halogens is 1. The van der Waals surface area contributed by atoms with Gasteiger partial charge in [0.05, 0.1) is 16.1 Å². The molecule has 0 radical (unpaired) electrons. The number of nitrogens with zero attached hydrogens (tertiary/aromatic N) is 2. The molecular formula is C14H13ClN2OS. The molecule has 0 aliphatic rings. The number of aromatic nitrogens is 2. The van der Waals surface area contributed by atoms with Crippen LogP contribution in [-0.4, -0.2) is 9.97 Å². The van der Waals surface area contributed by atoms with Crippen molar-refractivity contribution in [2.45, 2.75) is 25.6 Å². The van der Waals surface area contributed by atoms with Crippen LogP contribution >= 0.6 is 22.9 Å². The zero-order chi connectivity index (χ0) is 13.4. The van der Waals surface area contributed by atoms with Crippen LogP contribution in [0.25, 0.3) is 11.1 Å². The highest BCUT2D eigenvalue weighted by Crippen LogP contribution is 2.32. The lowest BCUT2D eigenvalue weighted by atomic mass is 10.2. The Hall–Kier alpha value is -1.39. The summed E-state index contributed by atoms with van der Waals surface area (Å²) in [5, 5.41) is 0.898. The van der Waals surface area contributed by atoms with Gasteiger partial charge in [-0.1, -0.05) is 12.1 Å². The SMILES string of the molecule is Cc1nc(C)c(C(Cl)Cc2nc3ccccc3o2)s1. The van der Waals surface area contributed by atoms with Gasteiger partial charge < -0.3 is 4.42 Å². The fourth-order valence-electron chi connectivity index (χ4n) is 2.09. The Morgan fingerprint density at radius 2 is 2.05 bits per heavy atom.